The van der Waals surface area contributed by atoms with Gasteiger partial charge in [-0.2, -0.15) is 10.4 Å². The lowest BCUT2D eigenvalue weighted by Crippen LogP contribution is -2.14. The highest BCUT2D eigenvalue weighted by Gasteiger charge is 2.22. The molecule has 0 saturated carbocycles. The van der Waals surface area contributed by atoms with Crippen LogP contribution in [0.2, 0.25) is 0 Å². The molecular weight excluding hydrogens is 354 g/mol. The molecule has 0 amide bonds. The van der Waals surface area contributed by atoms with E-state index in [1.54, 1.807) is 30.3 Å². The van der Waals surface area contributed by atoms with Crippen molar-refractivity contribution in [3.05, 3.63) is 58.9 Å². The fourth-order valence-corrected chi connectivity index (χ4v) is 3.49. The molecule has 0 aliphatic rings. The topological polar surface area (TPSA) is 119 Å². The van der Waals surface area contributed by atoms with E-state index in [0.29, 0.717) is 28.6 Å². The van der Waals surface area contributed by atoms with E-state index in [1.165, 1.54) is 4.52 Å². The van der Waals surface area contributed by atoms with Gasteiger partial charge in [-0.1, -0.05) is 30.1 Å². The number of carboxylic acids is 1. The van der Waals surface area contributed by atoms with E-state index in [0.717, 1.165) is 5.69 Å². The summed E-state index contributed by atoms with van der Waals surface area (Å²) >= 11 is -2.50. The third-order valence-electron chi connectivity index (χ3n) is 4.08. The molecule has 1 N–H and O–H groups in total. The van der Waals surface area contributed by atoms with Crippen molar-refractivity contribution >= 4 is 22.6 Å². The fourth-order valence-electron chi connectivity index (χ4n) is 2.98. The van der Waals surface area contributed by atoms with Gasteiger partial charge in [0.2, 0.25) is 0 Å². The first-order valence-corrected chi connectivity index (χ1v) is 9.03. The Hall–Kier alpha value is -3.02. The predicted molar refractivity (Wildman–Crippen MR) is 94.3 cm³/mol. The molecule has 0 bridgehead atoms. The van der Waals surface area contributed by atoms with Gasteiger partial charge >= 0.3 is 5.97 Å². The van der Waals surface area contributed by atoms with E-state index in [2.05, 4.69) is 5.10 Å². The molecule has 0 saturated heterocycles. The Kier molecular flexibility index (Phi) is 4.84. The van der Waals surface area contributed by atoms with Crippen LogP contribution in [0.5, 0.6) is 0 Å². The zero-order chi connectivity index (χ0) is 18.8. The number of benzene rings is 1. The maximum Gasteiger partial charge on any atom is 0.356 e. The number of hydrogen-bond acceptors (Lipinski definition) is 5. The van der Waals surface area contributed by atoms with Crippen LogP contribution in [0.4, 0.5) is 0 Å². The summed E-state index contributed by atoms with van der Waals surface area (Å²) in [6, 6.07) is 12.3. The Balaban J connectivity index is 2.46. The molecule has 1 atom stereocenters. The molecule has 7 nitrogen and oxygen atoms in total. The van der Waals surface area contributed by atoms with Gasteiger partial charge in [0.1, 0.15) is 0 Å². The van der Waals surface area contributed by atoms with E-state index >= 15 is 0 Å². The third-order valence-corrected chi connectivity index (χ3v) is 4.61. The Morgan fingerprint density at radius 1 is 1.38 bits per heavy atom. The van der Waals surface area contributed by atoms with Crippen molar-refractivity contribution < 1.29 is 18.7 Å². The summed E-state index contributed by atoms with van der Waals surface area (Å²) in [6.45, 7) is 1.92. The molecule has 2 aromatic heterocycles. The van der Waals surface area contributed by atoms with Crippen molar-refractivity contribution in [1.82, 2.24) is 9.61 Å². The molecule has 3 aromatic rings. The third kappa shape index (κ3) is 3.10. The highest BCUT2D eigenvalue weighted by molar-refractivity contribution is 7.78. The second-order valence-electron chi connectivity index (χ2n) is 5.62. The number of aryl methyl sites for hydroxylation is 1. The molecule has 0 aliphatic heterocycles. The first-order valence-electron chi connectivity index (χ1n) is 7.79. The SMILES string of the molecule is CCc1ccc2c(-c3cccc(C#N)c3)c(CS(=O)[O-])c(C(=O)O)nn12. The van der Waals surface area contributed by atoms with E-state index in [-0.39, 0.29) is 11.3 Å². The molecule has 0 spiro atoms. The molecule has 1 aromatic carbocycles. The summed E-state index contributed by atoms with van der Waals surface area (Å²) in [7, 11) is 0. The Morgan fingerprint density at radius 3 is 2.77 bits per heavy atom. The lowest BCUT2D eigenvalue weighted by Gasteiger charge is -2.16. The van der Waals surface area contributed by atoms with Crippen LogP contribution >= 0.6 is 0 Å². The van der Waals surface area contributed by atoms with Gasteiger partial charge in [0, 0.05) is 22.6 Å². The van der Waals surface area contributed by atoms with Gasteiger partial charge in [-0.25, -0.2) is 9.31 Å². The predicted octanol–water partition coefficient (Wildman–Crippen LogP) is 2.51. The van der Waals surface area contributed by atoms with Gasteiger partial charge in [0.05, 0.1) is 17.1 Å². The minimum atomic E-state index is -2.50. The van der Waals surface area contributed by atoms with Gasteiger partial charge in [-0.15, -0.1) is 0 Å². The van der Waals surface area contributed by atoms with Gasteiger partial charge in [0.25, 0.3) is 0 Å². The van der Waals surface area contributed by atoms with Crippen LogP contribution in [0.15, 0.2) is 36.4 Å². The number of aromatic carboxylic acids is 1. The number of nitriles is 1. The van der Waals surface area contributed by atoms with Gasteiger partial charge in [-0.3, -0.25) is 4.21 Å². The van der Waals surface area contributed by atoms with Crippen LogP contribution in [0.3, 0.4) is 0 Å². The second-order valence-corrected chi connectivity index (χ2v) is 6.52. The molecule has 8 heteroatoms. The van der Waals surface area contributed by atoms with Crippen molar-refractivity contribution in [2.45, 2.75) is 19.1 Å². The van der Waals surface area contributed by atoms with Crippen LogP contribution in [0.25, 0.3) is 16.6 Å². The largest absolute Gasteiger partial charge is 0.772 e. The number of nitrogens with zero attached hydrogens (tertiary/aromatic N) is 3. The number of hydrogen-bond donors (Lipinski definition) is 1. The van der Waals surface area contributed by atoms with Crippen LogP contribution in [0.1, 0.15) is 34.2 Å². The number of carboxylic acid groups (broad SMARTS) is 1. The van der Waals surface area contributed by atoms with E-state index in [9.17, 15) is 18.7 Å². The average Bonchev–Trinajstić information content (AvgIpc) is 3.03. The van der Waals surface area contributed by atoms with Gasteiger partial charge in [0.15, 0.2) is 5.69 Å². The lowest BCUT2D eigenvalue weighted by molar-refractivity contribution is 0.0688. The number of rotatable bonds is 5. The summed E-state index contributed by atoms with van der Waals surface area (Å²) < 4.78 is 24.3. The number of aromatic nitrogens is 2. The van der Waals surface area contributed by atoms with Crippen LogP contribution in [-0.4, -0.2) is 29.5 Å². The first kappa shape index (κ1) is 17.8. The van der Waals surface area contributed by atoms with E-state index in [4.69, 9.17) is 5.26 Å². The molecule has 3 rings (SSSR count). The molecule has 26 heavy (non-hydrogen) atoms. The normalized spacial score (nSPS) is 12.0. The zero-order valence-corrected chi connectivity index (χ0v) is 14.6. The summed E-state index contributed by atoms with van der Waals surface area (Å²) in [6.07, 6.45) is 0.630. The van der Waals surface area contributed by atoms with Gasteiger partial charge < -0.3 is 9.66 Å². The molecule has 2 heterocycles. The minimum Gasteiger partial charge on any atom is -0.772 e. The number of fused-ring (bicyclic) bond motifs is 1. The van der Waals surface area contributed by atoms with Crippen molar-refractivity contribution in [2.75, 3.05) is 0 Å². The monoisotopic (exact) mass is 368 g/mol. The van der Waals surface area contributed by atoms with Gasteiger partial charge in [-0.05, 0) is 36.2 Å². The van der Waals surface area contributed by atoms with Crippen LogP contribution in [0, 0.1) is 11.3 Å². The highest BCUT2D eigenvalue weighted by Crippen LogP contribution is 2.33. The van der Waals surface area contributed by atoms with Crippen molar-refractivity contribution in [3.8, 4) is 17.2 Å². The van der Waals surface area contributed by atoms with Crippen LogP contribution < -0.4 is 0 Å². The smallest absolute Gasteiger partial charge is 0.356 e. The molecule has 1 unspecified atom stereocenters. The summed E-state index contributed by atoms with van der Waals surface area (Å²) in [5.74, 6) is -1.79. The van der Waals surface area contributed by atoms with Crippen molar-refractivity contribution in [1.29, 1.82) is 5.26 Å². The molecule has 0 aliphatic carbocycles. The quantitative estimate of drug-likeness (QED) is 0.691. The van der Waals surface area contributed by atoms with E-state index < -0.39 is 22.8 Å². The van der Waals surface area contributed by atoms with Crippen LogP contribution in [-0.2, 0) is 23.3 Å². The molecule has 0 fully saturated rings. The fraction of sp³-hybridized carbons (Fsp3) is 0.167. The van der Waals surface area contributed by atoms with Crippen molar-refractivity contribution in [3.63, 3.8) is 0 Å². The van der Waals surface area contributed by atoms with Crippen molar-refractivity contribution in [2.24, 2.45) is 0 Å². The minimum absolute atomic E-state index is 0.106. The zero-order valence-electron chi connectivity index (χ0n) is 13.8. The first-order chi connectivity index (χ1) is 12.5. The Morgan fingerprint density at radius 2 is 2.15 bits per heavy atom. The standard InChI is InChI=1S/C18H15N3O4S/c1-2-13-6-7-15-16(12-5-3-4-11(8-12)9-19)14(10-26(24)25)17(18(22)23)20-21(13)15/h3-8H,2,10H2,1H3,(H,22,23)(H,24,25)/p-1. The maximum atomic E-state index is 11.7. The molecule has 132 valence electrons. The Bertz CT molecular complexity index is 1080. The summed E-state index contributed by atoms with van der Waals surface area (Å²) in [5.41, 5.74) is 2.61. The molecular formula is C18H14N3O4S-. The molecule has 0 radical (unpaired) electrons. The summed E-state index contributed by atoms with van der Waals surface area (Å²) in [5, 5.41) is 22.9. The highest BCUT2D eigenvalue weighted by atomic mass is 32.2. The summed E-state index contributed by atoms with van der Waals surface area (Å²) in [4.78, 5) is 11.7. The number of carbonyl (C=O) groups is 1. The second kappa shape index (κ2) is 7.07. The lowest BCUT2D eigenvalue weighted by atomic mass is 9.98. The maximum absolute atomic E-state index is 11.7. The average molecular weight is 368 g/mol. The Labute approximate surface area is 151 Å². The van der Waals surface area contributed by atoms with E-state index in [1.807, 2.05) is 19.1 Å².